The molecule has 0 spiro atoms. The van der Waals surface area contributed by atoms with Gasteiger partial charge in [0, 0.05) is 18.2 Å². The molecule has 0 aromatic carbocycles. The molecule has 0 aliphatic heterocycles. The van der Waals surface area contributed by atoms with Crippen LogP contribution in [-0.2, 0) is 6.54 Å². The van der Waals surface area contributed by atoms with Gasteiger partial charge < -0.3 is 5.32 Å². The number of aryl methyl sites for hydroxylation is 1. The molecule has 1 aliphatic rings. The van der Waals surface area contributed by atoms with Gasteiger partial charge in [0.15, 0.2) is 0 Å². The SMILES string of the molecule is CNCc1cc(C)nc(C2CCCCC2)n1. The first-order valence-electron chi connectivity index (χ1n) is 6.28. The largest absolute Gasteiger partial charge is 0.314 e. The molecule has 1 aliphatic carbocycles. The molecule has 0 atom stereocenters. The topological polar surface area (TPSA) is 37.8 Å². The van der Waals surface area contributed by atoms with Crippen molar-refractivity contribution in [2.24, 2.45) is 0 Å². The Hall–Kier alpha value is -0.960. The van der Waals surface area contributed by atoms with Gasteiger partial charge in [-0.1, -0.05) is 19.3 Å². The van der Waals surface area contributed by atoms with Gasteiger partial charge in [0.2, 0.25) is 0 Å². The molecule has 0 saturated heterocycles. The highest BCUT2D eigenvalue weighted by atomic mass is 14.9. The van der Waals surface area contributed by atoms with Crippen LogP contribution in [0.15, 0.2) is 6.07 Å². The fraction of sp³-hybridized carbons (Fsp3) is 0.692. The maximum absolute atomic E-state index is 4.67. The normalized spacial score (nSPS) is 17.6. The number of nitrogens with one attached hydrogen (secondary N) is 1. The minimum absolute atomic E-state index is 0.601. The maximum atomic E-state index is 4.67. The molecule has 0 bridgehead atoms. The van der Waals surface area contributed by atoms with Gasteiger partial charge in [-0.3, -0.25) is 0 Å². The van der Waals surface area contributed by atoms with Crippen molar-refractivity contribution < 1.29 is 0 Å². The van der Waals surface area contributed by atoms with E-state index >= 15 is 0 Å². The van der Waals surface area contributed by atoms with Gasteiger partial charge in [0.05, 0.1) is 5.69 Å². The summed E-state index contributed by atoms with van der Waals surface area (Å²) in [6, 6.07) is 2.07. The van der Waals surface area contributed by atoms with Crippen LogP contribution >= 0.6 is 0 Å². The molecule has 3 nitrogen and oxygen atoms in total. The molecule has 88 valence electrons. The summed E-state index contributed by atoms with van der Waals surface area (Å²) in [5, 5.41) is 3.15. The highest BCUT2D eigenvalue weighted by molar-refractivity contribution is 5.12. The predicted octanol–water partition coefficient (Wildman–Crippen LogP) is 2.55. The van der Waals surface area contributed by atoms with Gasteiger partial charge in [-0.2, -0.15) is 0 Å². The lowest BCUT2D eigenvalue weighted by Crippen LogP contribution is -2.14. The molecular weight excluding hydrogens is 198 g/mol. The van der Waals surface area contributed by atoms with Crippen molar-refractivity contribution in [1.82, 2.24) is 15.3 Å². The maximum Gasteiger partial charge on any atom is 0.131 e. The minimum Gasteiger partial charge on any atom is -0.314 e. The highest BCUT2D eigenvalue weighted by Crippen LogP contribution is 2.30. The van der Waals surface area contributed by atoms with Crippen LogP contribution in [0.4, 0.5) is 0 Å². The zero-order chi connectivity index (χ0) is 11.4. The molecule has 3 heteroatoms. The van der Waals surface area contributed by atoms with Crippen LogP contribution in [-0.4, -0.2) is 17.0 Å². The number of hydrogen-bond acceptors (Lipinski definition) is 3. The first kappa shape index (κ1) is 11.5. The number of nitrogens with zero attached hydrogens (tertiary/aromatic N) is 2. The molecule has 1 aromatic rings. The van der Waals surface area contributed by atoms with Crippen molar-refractivity contribution in [1.29, 1.82) is 0 Å². The van der Waals surface area contributed by atoms with Gasteiger partial charge in [0.1, 0.15) is 5.82 Å². The van der Waals surface area contributed by atoms with Gasteiger partial charge in [-0.15, -0.1) is 0 Å². The Morgan fingerprint density at radius 3 is 2.69 bits per heavy atom. The summed E-state index contributed by atoms with van der Waals surface area (Å²) in [5.74, 6) is 1.68. The van der Waals surface area contributed by atoms with Crippen molar-refractivity contribution in [3.63, 3.8) is 0 Å². The van der Waals surface area contributed by atoms with Gasteiger partial charge >= 0.3 is 0 Å². The van der Waals surface area contributed by atoms with Crippen molar-refractivity contribution in [3.8, 4) is 0 Å². The van der Waals surface area contributed by atoms with Crippen LogP contribution in [0.3, 0.4) is 0 Å². The molecule has 0 radical (unpaired) electrons. The van der Waals surface area contributed by atoms with Gasteiger partial charge in [-0.25, -0.2) is 9.97 Å². The van der Waals surface area contributed by atoms with Gasteiger partial charge in [-0.05, 0) is 32.9 Å². The second kappa shape index (κ2) is 5.39. The summed E-state index contributed by atoms with van der Waals surface area (Å²) in [7, 11) is 1.96. The van der Waals surface area contributed by atoms with Crippen LogP contribution in [0.2, 0.25) is 0 Å². The molecule has 1 heterocycles. The second-order valence-corrected chi connectivity index (χ2v) is 4.72. The van der Waals surface area contributed by atoms with Crippen LogP contribution in [0.25, 0.3) is 0 Å². The van der Waals surface area contributed by atoms with Gasteiger partial charge in [0.25, 0.3) is 0 Å². The monoisotopic (exact) mass is 219 g/mol. The van der Waals surface area contributed by atoms with E-state index < -0.39 is 0 Å². The lowest BCUT2D eigenvalue weighted by molar-refractivity contribution is 0.426. The molecule has 1 aromatic heterocycles. The summed E-state index contributed by atoms with van der Waals surface area (Å²) in [5.41, 5.74) is 2.22. The van der Waals surface area contributed by atoms with E-state index in [1.165, 1.54) is 32.1 Å². The van der Waals surface area contributed by atoms with Crippen molar-refractivity contribution in [3.05, 3.63) is 23.3 Å². The average Bonchev–Trinajstić information content (AvgIpc) is 2.30. The van der Waals surface area contributed by atoms with E-state index in [0.29, 0.717) is 5.92 Å². The highest BCUT2D eigenvalue weighted by Gasteiger charge is 2.18. The van der Waals surface area contributed by atoms with E-state index in [9.17, 15) is 0 Å². The summed E-state index contributed by atoms with van der Waals surface area (Å²) in [4.78, 5) is 9.27. The Morgan fingerprint density at radius 1 is 1.25 bits per heavy atom. The van der Waals surface area contributed by atoms with Crippen LogP contribution < -0.4 is 5.32 Å². The van der Waals surface area contributed by atoms with Crippen LogP contribution in [0.1, 0.15) is 55.2 Å². The Morgan fingerprint density at radius 2 is 2.00 bits per heavy atom. The van der Waals surface area contributed by atoms with Crippen molar-refractivity contribution in [2.45, 2.75) is 51.5 Å². The lowest BCUT2D eigenvalue weighted by Gasteiger charge is -2.20. The Kier molecular flexibility index (Phi) is 3.88. The minimum atomic E-state index is 0.601. The molecule has 1 fully saturated rings. The first-order valence-corrected chi connectivity index (χ1v) is 6.28. The quantitative estimate of drug-likeness (QED) is 0.849. The summed E-state index contributed by atoms with van der Waals surface area (Å²) < 4.78 is 0. The van der Waals surface area contributed by atoms with E-state index in [2.05, 4.69) is 28.3 Å². The molecule has 2 rings (SSSR count). The summed E-state index contributed by atoms with van der Waals surface area (Å²) >= 11 is 0. The van der Waals surface area contributed by atoms with Crippen molar-refractivity contribution >= 4 is 0 Å². The molecule has 0 unspecified atom stereocenters. The third-order valence-corrected chi connectivity index (χ3v) is 3.25. The summed E-state index contributed by atoms with van der Waals surface area (Å²) in [6.07, 6.45) is 6.59. The lowest BCUT2D eigenvalue weighted by atomic mass is 9.88. The Bertz CT molecular complexity index is 343. The Labute approximate surface area is 97.7 Å². The number of hydrogen-bond donors (Lipinski definition) is 1. The molecule has 16 heavy (non-hydrogen) atoms. The molecule has 1 saturated carbocycles. The van der Waals surface area contributed by atoms with E-state index in [0.717, 1.165) is 23.8 Å². The van der Waals surface area contributed by atoms with Crippen LogP contribution in [0.5, 0.6) is 0 Å². The van der Waals surface area contributed by atoms with E-state index in [-0.39, 0.29) is 0 Å². The number of rotatable bonds is 3. The molecule has 0 amide bonds. The third kappa shape index (κ3) is 2.79. The molecular formula is C13H21N3. The molecule has 1 N–H and O–H groups in total. The Balaban J connectivity index is 2.18. The first-order chi connectivity index (χ1) is 7.79. The fourth-order valence-electron chi connectivity index (χ4n) is 2.47. The van der Waals surface area contributed by atoms with Crippen molar-refractivity contribution in [2.75, 3.05) is 7.05 Å². The average molecular weight is 219 g/mol. The van der Waals surface area contributed by atoms with E-state index in [1.807, 2.05) is 7.05 Å². The summed E-state index contributed by atoms with van der Waals surface area (Å²) in [6.45, 7) is 2.90. The second-order valence-electron chi connectivity index (χ2n) is 4.72. The van der Waals surface area contributed by atoms with E-state index in [4.69, 9.17) is 0 Å². The van der Waals surface area contributed by atoms with Crippen LogP contribution in [0, 0.1) is 6.92 Å². The number of aromatic nitrogens is 2. The zero-order valence-electron chi connectivity index (χ0n) is 10.3. The smallest absolute Gasteiger partial charge is 0.131 e. The standard InChI is InChI=1S/C13H21N3/c1-10-8-12(9-14-2)16-13(15-10)11-6-4-3-5-7-11/h8,11,14H,3-7,9H2,1-2H3. The zero-order valence-corrected chi connectivity index (χ0v) is 10.3. The van der Waals surface area contributed by atoms with E-state index in [1.54, 1.807) is 0 Å². The fourth-order valence-corrected chi connectivity index (χ4v) is 2.47. The third-order valence-electron chi connectivity index (χ3n) is 3.25. The predicted molar refractivity (Wildman–Crippen MR) is 65.4 cm³/mol.